The van der Waals surface area contributed by atoms with Crippen LogP contribution in [0.1, 0.15) is 41.6 Å². The van der Waals surface area contributed by atoms with E-state index < -0.39 is 0 Å². The molecular weight excluding hydrogens is 320 g/mol. The second-order valence-electron chi connectivity index (χ2n) is 6.01. The zero-order valence-electron chi connectivity index (χ0n) is 14.0. The molecule has 126 valence electrons. The molecular formula is C18H22N4OS. The summed E-state index contributed by atoms with van der Waals surface area (Å²) in [6.45, 7) is 5.42. The number of hydrogen-bond acceptors (Lipinski definition) is 4. The minimum atomic E-state index is -0.0426. The zero-order valence-corrected chi connectivity index (χ0v) is 14.8. The third-order valence-electron chi connectivity index (χ3n) is 3.83. The average molecular weight is 342 g/mol. The van der Waals surface area contributed by atoms with Gasteiger partial charge in [-0.25, -0.2) is 4.68 Å². The van der Waals surface area contributed by atoms with Crippen molar-refractivity contribution in [3.63, 3.8) is 0 Å². The first-order chi connectivity index (χ1) is 11.6. The van der Waals surface area contributed by atoms with Crippen molar-refractivity contribution in [3.8, 4) is 5.69 Å². The Balaban J connectivity index is 2.02. The van der Waals surface area contributed by atoms with Gasteiger partial charge in [-0.05, 0) is 37.1 Å². The summed E-state index contributed by atoms with van der Waals surface area (Å²) in [6, 6.07) is 12.0. The molecule has 0 saturated heterocycles. The van der Waals surface area contributed by atoms with Crippen LogP contribution in [0.4, 0.5) is 0 Å². The van der Waals surface area contributed by atoms with Crippen molar-refractivity contribution in [2.75, 3.05) is 13.1 Å². The van der Waals surface area contributed by atoms with Gasteiger partial charge in [-0.15, -0.1) is 11.3 Å². The molecule has 0 fully saturated rings. The number of nitrogens with zero attached hydrogens (tertiary/aromatic N) is 2. The summed E-state index contributed by atoms with van der Waals surface area (Å²) in [5.74, 6) is 0.249. The molecule has 2 heterocycles. The third kappa shape index (κ3) is 3.20. The zero-order chi connectivity index (χ0) is 17.1. The van der Waals surface area contributed by atoms with E-state index in [-0.39, 0.29) is 5.91 Å². The van der Waals surface area contributed by atoms with Gasteiger partial charge in [-0.3, -0.25) is 4.79 Å². The van der Waals surface area contributed by atoms with E-state index in [9.17, 15) is 4.79 Å². The van der Waals surface area contributed by atoms with Gasteiger partial charge in [0.15, 0.2) is 0 Å². The molecule has 24 heavy (non-hydrogen) atoms. The molecule has 0 aliphatic carbocycles. The number of rotatable bonds is 6. The lowest BCUT2D eigenvalue weighted by Gasteiger charge is -2.04. The number of nitrogens with one attached hydrogen (secondary N) is 1. The Hall–Kier alpha value is -2.18. The summed E-state index contributed by atoms with van der Waals surface area (Å²) in [7, 11) is 0. The predicted octanol–water partition coefficient (Wildman–Crippen LogP) is 3.29. The Kier molecular flexibility index (Phi) is 4.97. The molecule has 5 nitrogen and oxygen atoms in total. The standard InChI is InChI=1S/C18H22N4OS/c1-12(2)16-14-11-15(17(23)20-10-6-9-19)24-18(14)22(21-16)13-7-4-3-5-8-13/h3-5,7-8,11-12H,6,9-10,19H2,1-2H3,(H,20,23). The number of hydrogen-bond donors (Lipinski definition) is 2. The van der Waals surface area contributed by atoms with Gasteiger partial charge < -0.3 is 11.1 Å². The quantitative estimate of drug-likeness (QED) is 0.675. The first-order valence-corrected chi connectivity index (χ1v) is 8.99. The van der Waals surface area contributed by atoms with Crippen LogP contribution in [-0.4, -0.2) is 28.8 Å². The Morgan fingerprint density at radius 2 is 2.08 bits per heavy atom. The summed E-state index contributed by atoms with van der Waals surface area (Å²) in [5, 5.41) is 8.75. The predicted molar refractivity (Wildman–Crippen MR) is 99.0 cm³/mol. The lowest BCUT2D eigenvalue weighted by molar-refractivity contribution is 0.0957. The van der Waals surface area contributed by atoms with Gasteiger partial charge in [-0.2, -0.15) is 5.10 Å². The van der Waals surface area contributed by atoms with Crippen molar-refractivity contribution in [1.82, 2.24) is 15.1 Å². The highest BCUT2D eigenvalue weighted by atomic mass is 32.1. The largest absolute Gasteiger partial charge is 0.351 e. The molecule has 1 aromatic carbocycles. The highest BCUT2D eigenvalue weighted by Crippen LogP contribution is 2.33. The Morgan fingerprint density at radius 3 is 2.75 bits per heavy atom. The molecule has 0 aliphatic heterocycles. The second kappa shape index (κ2) is 7.15. The van der Waals surface area contributed by atoms with Gasteiger partial charge in [0, 0.05) is 11.9 Å². The molecule has 0 aliphatic rings. The molecule has 0 saturated carbocycles. The maximum absolute atomic E-state index is 12.3. The van der Waals surface area contributed by atoms with E-state index in [1.807, 2.05) is 41.1 Å². The van der Waals surface area contributed by atoms with Crippen LogP contribution in [0, 0.1) is 0 Å². The smallest absolute Gasteiger partial charge is 0.261 e. The van der Waals surface area contributed by atoms with Crippen molar-refractivity contribution in [3.05, 3.63) is 47.0 Å². The van der Waals surface area contributed by atoms with Crippen LogP contribution in [0.3, 0.4) is 0 Å². The summed E-state index contributed by atoms with van der Waals surface area (Å²) >= 11 is 1.48. The second-order valence-corrected chi connectivity index (χ2v) is 7.05. The van der Waals surface area contributed by atoms with Crippen LogP contribution in [0.5, 0.6) is 0 Å². The number of fused-ring (bicyclic) bond motifs is 1. The first-order valence-electron chi connectivity index (χ1n) is 8.18. The summed E-state index contributed by atoms with van der Waals surface area (Å²) < 4.78 is 1.94. The van der Waals surface area contributed by atoms with Crippen molar-refractivity contribution in [1.29, 1.82) is 0 Å². The maximum Gasteiger partial charge on any atom is 0.261 e. The van der Waals surface area contributed by atoms with E-state index in [0.717, 1.165) is 28.0 Å². The van der Waals surface area contributed by atoms with Gasteiger partial charge >= 0.3 is 0 Å². The molecule has 0 unspecified atom stereocenters. The number of carbonyl (C=O) groups is 1. The van der Waals surface area contributed by atoms with Crippen molar-refractivity contribution >= 4 is 27.5 Å². The number of para-hydroxylation sites is 1. The monoisotopic (exact) mass is 342 g/mol. The Bertz CT molecular complexity index is 835. The molecule has 0 radical (unpaired) electrons. The van der Waals surface area contributed by atoms with Crippen LogP contribution in [0.2, 0.25) is 0 Å². The Morgan fingerprint density at radius 1 is 1.33 bits per heavy atom. The number of benzene rings is 1. The van der Waals surface area contributed by atoms with E-state index in [0.29, 0.717) is 23.9 Å². The van der Waals surface area contributed by atoms with E-state index in [4.69, 9.17) is 10.8 Å². The van der Waals surface area contributed by atoms with E-state index in [1.54, 1.807) is 0 Å². The topological polar surface area (TPSA) is 72.9 Å². The highest BCUT2D eigenvalue weighted by molar-refractivity contribution is 7.20. The number of thiophene rings is 1. The van der Waals surface area contributed by atoms with Crippen molar-refractivity contribution in [2.24, 2.45) is 5.73 Å². The minimum absolute atomic E-state index is 0.0426. The average Bonchev–Trinajstić information content (AvgIpc) is 3.14. The van der Waals surface area contributed by atoms with Crippen LogP contribution < -0.4 is 11.1 Å². The molecule has 1 amide bonds. The van der Waals surface area contributed by atoms with Crippen molar-refractivity contribution < 1.29 is 4.79 Å². The molecule has 2 aromatic heterocycles. The van der Waals surface area contributed by atoms with E-state index in [1.165, 1.54) is 11.3 Å². The van der Waals surface area contributed by atoms with Crippen molar-refractivity contribution in [2.45, 2.75) is 26.2 Å². The highest BCUT2D eigenvalue weighted by Gasteiger charge is 2.20. The summed E-state index contributed by atoms with van der Waals surface area (Å²) in [6.07, 6.45) is 0.783. The van der Waals surface area contributed by atoms with Gasteiger partial charge in [0.2, 0.25) is 0 Å². The third-order valence-corrected chi connectivity index (χ3v) is 4.94. The number of carbonyl (C=O) groups excluding carboxylic acids is 1. The van der Waals surface area contributed by atoms with Gasteiger partial charge in [0.05, 0.1) is 16.3 Å². The molecule has 3 rings (SSSR count). The molecule has 6 heteroatoms. The first kappa shape index (κ1) is 16.7. The van der Waals surface area contributed by atoms with Crippen LogP contribution >= 0.6 is 11.3 Å². The summed E-state index contributed by atoms with van der Waals surface area (Å²) in [5.41, 5.74) is 7.50. The fourth-order valence-corrected chi connectivity index (χ4v) is 3.66. The fraction of sp³-hybridized carbons (Fsp3) is 0.333. The Labute approximate surface area is 145 Å². The van der Waals surface area contributed by atoms with E-state index in [2.05, 4.69) is 19.2 Å². The van der Waals surface area contributed by atoms with Gasteiger partial charge in [-0.1, -0.05) is 32.0 Å². The maximum atomic E-state index is 12.3. The molecule has 0 bridgehead atoms. The van der Waals surface area contributed by atoms with Gasteiger partial charge in [0.25, 0.3) is 5.91 Å². The fourth-order valence-electron chi connectivity index (χ4n) is 2.60. The number of nitrogens with two attached hydrogens (primary N) is 1. The van der Waals surface area contributed by atoms with Crippen LogP contribution in [0.15, 0.2) is 36.4 Å². The van der Waals surface area contributed by atoms with E-state index >= 15 is 0 Å². The molecule has 0 spiro atoms. The van der Waals surface area contributed by atoms with Crippen LogP contribution in [-0.2, 0) is 0 Å². The van der Waals surface area contributed by atoms with Crippen LogP contribution in [0.25, 0.3) is 15.9 Å². The lowest BCUT2D eigenvalue weighted by atomic mass is 10.1. The molecule has 3 aromatic rings. The van der Waals surface area contributed by atoms with Gasteiger partial charge in [0.1, 0.15) is 4.83 Å². The molecule has 3 N–H and O–H groups in total. The number of aromatic nitrogens is 2. The molecule has 0 atom stereocenters. The summed E-state index contributed by atoms with van der Waals surface area (Å²) in [4.78, 5) is 14.1. The lowest BCUT2D eigenvalue weighted by Crippen LogP contribution is -2.25. The number of amides is 1. The normalized spacial score (nSPS) is 11.3. The SMILES string of the molecule is CC(C)c1nn(-c2ccccc2)c2sc(C(=O)NCCCN)cc12. The minimum Gasteiger partial charge on any atom is -0.351 e.